The van der Waals surface area contributed by atoms with Gasteiger partial charge in [-0.3, -0.25) is 14.9 Å². The van der Waals surface area contributed by atoms with Crippen molar-refractivity contribution in [1.29, 1.82) is 0 Å². The van der Waals surface area contributed by atoms with Crippen LogP contribution in [0.25, 0.3) is 0 Å². The molecule has 0 aliphatic carbocycles. The smallest absolute Gasteiger partial charge is 0.341 e. The lowest BCUT2D eigenvalue weighted by Crippen LogP contribution is -2.32. The van der Waals surface area contributed by atoms with E-state index in [0.29, 0.717) is 0 Å². The summed E-state index contributed by atoms with van der Waals surface area (Å²) in [7, 11) is 0. The quantitative estimate of drug-likeness (QED) is 0.266. The molecule has 0 aliphatic rings. The summed E-state index contributed by atoms with van der Waals surface area (Å²) in [6.45, 7) is -0.546. The van der Waals surface area contributed by atoms with Gasteiger partial charge >= 0.3 is 5.97 Å². The molecular weight excluding hydrogens is 394 g/mol. The molecule has 9 heteroatoms. The summed E-state index contributed by atoms with van der Waals surface area (Å²) in [6, 6.07) is 16.2. The number of rotatable bonds is 7. The fourth-order valence-electron chi connectivity index (χ4n) is 2.67. The van der Waals surface area contributed by atoms with Crippen molar-refractivity contribution in [3.05, 3.63) is 92.2 Å². The van der Waals surface area contributed by atoms with Gasteiger partial charge in [0.25, 0.3) is 11.6 Å². The number of esters is 1. The number of benzene rings is 2. The van der Waals surface area contributed by atoms with Crippen LogP contribution in [-0.4, -0.2) is 23.4 Å². The van der Waals surface area contributed by atoms with Crippen molar-refractivity contribution >= 4 is 34.6 Å². The highest BCUT2D eigenvalue weighted by Gasteiger charge is 2.21. The molecule has 0 radical (unpaired) electrons. The highest BCUT2D eigenvalue weighted by atomic mass is 32.1. The number of nitro benzene ring substituents is 1. The van der Waals surface area contributed by atoms with Crippen molar-refractivity contribution in [3.63, 3.8) is 0 Å². The van der Waals surface area contributed by atoms with Crippen LogP contribution in [0.5, 0.6) is 0 Å². The standard InChI is InChI=1S/C20H17N3O5S/c21-16-9-8-14(23(26)27)11-15(16)20(25)28-12-18(24)22-19(17-7-4-10-29-17)13-5-2-1-3-6-13/h1-11,19H,12,21H2,(H,22,24)/t19-/m0/s1. The second kappa shape index (κ2) is 8.98. The molecule has 1 aromatic heterocycles. The number of anilines is 1. The van der Waals surface area contributed by atoms with E-state index >= 15 is 0 Å². The third kappa shape index (κ3) is 4.96. The summed E-state index contributed by atoms with van der Waals surface area (Å²) in [5, 5.41) is 15.6. The molecule has 3 rings (SSSR count). The van der Waals surface area contributed by atoms with Crippen LogP contribution in [0.4, 0.5) is 11.4 Å². The van der Waals surface area contributed by atoms with Gasteiger partial charge in [0.2, 0.25) is 0 Å². The Kier molecular flexibility index (Phi) is 6.20. The zero-order valence-corrected chi connectivity index (χ0v) is 15.9. The van der Waals surface area contributed by atoms with Gasteiger partial charge in [-0.2, -0.15) is 0 Å². The van der Waals surface area contributed by atoms with Crippen LogP contribution in [0.15, 0.2) is 66.0 Å². The maximum Gasteiger partial charge on any atom is 0.341 e. The molecule has 0 spiro atoms. The molecule has 148 valence electrons. The Bertz CT molecular complexity index is 1020. The Morgan fingerprint density at radius 1 is 1.14 bits per heavy atom. The number of carbonyl (C=O) groups is 2. The number of nitro groups is 1. The number of non-ortho nitro benzene ring substituents is 1. The molecule has 0 unspecified atom stereocenters. The predicted octanol–water partition coefficient (Wildman–Crippen LogP) is 3.30. The number of carbonyl (C=O) groups excluding carboxylic acids is 2. The van der Waals surface area contributed by atoms with E-state index in [4.69, 9.17) is 10.5 Å². The lowest BCUT2D eigenvalue weighted by Gasteiger charge is -2.18. The summed E-state index contributed by atoms with van der Waals surface area (Å²) in [5.41, 5.74) is 6.16. The topological polar surface area (TPSA) is 125 Å². The molecule has 1 amide bonds. The fraction of sp³-hybridized carbons (Fsp3) is 0.100. The van der Waals surface area contributed by atoms with Crippen LogP contribution in [-0.2, 0) is 9.53 Å². The van der Waals surface area contributed by atoms with E-state index in [1.807, 2.05) is 47.8 Å². The molecular formula is C20H17N3O5S. The van der Waals surface area contributed by atoms with E-state index in [1.54, 1.807) is 0 Å². The number of hydrogen-bond donors (Lipinski definition) is 2. The molecule has 29 heavy (non-hydrogen) atoms. The van der Waals surface area contributed by atoms with Gasteiger partial charge in [0.05, 0.1) is 16.5 Å². The summed E-state index contributed by atoms with van der Waals surface area (Å²) >= 11 is 1.49. The minimum Gasteiger partial charge on any atom is -0.452 e. The van der Waals surface area contributed by atoms with Gasteiger partial charge in [-0.25, -0.2) is 4.79 Å². The SMILES string of the molecule is Nc1ccc([N+](=O)[O-])cc1C(=O)OCC(=O)N[C@@H](c1ccccc1)c1cccs1. The minimum atomic E-state index is -0.909. The largest absolute Gasteiger partial charge is 0.452 e. The Morgan fingerprint density at radius 3 is 2.55 bits per heavy atom. The molecule has 3 N–H and O–H groups in total. The Balaban J connectivity index is 1.68. The summed E-state index contributed by atoms with van der Waals surface area (Å²) in [6.07, 6.45) is 0. The number of nitrogen functional groups attached to an aromatic ring is 1. The van der Waals surface area contributed by atoms with Gasteiger partial charge in [0.1, 0.15) is 0 Å². The number of nitrogens with one attached hydrogen (secondary N) is 1. The van der Waals surface area contributed by atoms with Crippen molar-refractivity contribution in [2.24, 2.45) is 0 Å². The monoisotopic (exact) mass is 411 g/mol. The molecule has 0 saturated carbocycles. The average molecular weight is 411 g/mol. The molecule has 1 heterocycles. The van der Waals surface area contributed by atoms with Gasteiger partial charge in [-0.05, 0) is 23.1 Å². The first-order valence-corrected chi connectivity index (χ1v) is 9.42. The fourth-order valence-corrected chi connectivity index (χ4v) is 3.47. The second-order valence-electron chi connectivity index (χ2n) is 6.03. The van der Waals surface area contributed by atoms with Gasteiger partial charge in [0.15, 0.2) is 6.61 Å². The first-order chi connectivity index (χ1) is 14.0. The maximum atomic E-state index is 12.4. The van der Waals surface area contributed by atoms with Crippen LogP contribution in [0.2, 0.25) is 0 Å². The van der Waals surface area contributed by atoms with Gasteiger partial charge in [0, 0.05) is 22.7 Å². The first kappa shape index (κ1) is 20.0. The van der Waals surface area contributed by atoms with Crippen molar-refractivity contribution in [2.45, 2.75) is 6.04 Å². The Morgan fingerprint density at radius 2 is 1.90 bits per heavy atom. The maximum absolute atomic E-state index is 12.4. The van der Waals surface area contributed by atoms with Crippen LogP contribution >= 0.6 is 11.3 Å². The lowest BCUT2D eigenvalue weighted by molar-refractivity contribution is -0.384. The minimum absolute atomic E-state index is 0.0294. The number of hydrogen-bond acceptors (Lipinski definition) is 7. The van der Waals surface area contributed by atoms with Crippen LogP contribution in [0.1, 0.15) is 26.8 Å². The number of thiophene rings is 1. The van der Waals surface area contributed by atoms with Crippen molar-refractivity contribution in [1.82, 2.24) is 5.32 Å². The van der Waals surface area contributed by atoms with E-state index in [2.05, 4.69) is 5.32 Å². The molecule has 0 saturated heterocycles. The molecule has 1 atom stereocenters. The van der Waals surface area contributed by atoms with Gasteiger partial charge in [-0.15, -0.1) is 11.3 Å². The van der Waals surface area contributed by atoms with Crippen LogP contribution < -0.4 is 11.1 Å². The van der Waals surface area contributed by atoms with Crippen molar-refractivity contribution < 1.29 is 19.2 Å². The predicted molar refractivity (Wildman–Crippen MR) is 109 cm³/mol. The van der Waals surface area contributed by atoms with Crippen LogP contribution in [0, 0.1) is 10.1 Å². The number of nitrogens with zero attached hydrogens (tertiary/aromatic N) is 1. The third-order valence-corrected chi connectivity index (χ3v) is 5.01. The van der Waals surface area contributed by atoms with Gasteiger partial charge in [-0.1, -0.05) is 36.4 Å². The molecule has 0 fully saturated rings. The van der Waals surface area contributed by atoms with Crippen molar-refractivity contribution in [3.8, 4) is 0 Å². The highest BCUT2D eigenvalue weighted by Crippen LogP contribution is 2.26. The van der Waals surface area contributed by atoms with Gasteiger partial charge < -0.3 is 15.8 Å². The van der Waals surface area contributed by atoms with E-state index in [1.165, 1.54) is 23.5 Å². The molecule has 0 aliphatic heterocycles. The normalized spacial score (nSPS) is 11.4. The number of ether oxygens (including phenoxy) is 1. The van der Waals surface area contributed by atoms with Crippen LogP contribution in [0.3, 0.4) is 0 Å². The molecule has 3 aromatic rings. The molecule has 0 bridgehead atoms. The number of nitrogens with two attached hydrogens (primary N) is 1. The third-order valence-electron chi connectivity index (χ3n) is 4.07. The molecule has 8 nitrogen and oxygen atoms in total. The summed E-state index contributed by atoms with van der Waals surface area (Å²) < 4.78 is 5.01. The number of amides is 1. The molecule has 2 aromatic carbocycles. The Hall–Kier alpha value is -3.72. The Labute approximate surface area is 170 Å². The summed E-state index contributed by atoms with van der Waals surface area (Å²) in [4.78, 5) is 35.8. The lowest BCUT2D eigenvalue weighted by atomic mass is 10.1. The van der Waals surface area contributed by atoms with E-state index in [0.717, 1.165) is 16.5 Å². The second-order valence-corrected chi connectivity index (χ2v) is 7.01. The summed E-state index contributed by atoms with van der Waals surface area (Å²) in [5.74, 6) is -1.42. The van der Waals surface area contributed by atoms with E-state index in [9.17, 15) is 19.7 Å². The zero-order chi connectivity index (χ0) is 20.8. The zero-order valence-electron chi connectivity index (χ0n) is 15.1. The van der Waals surface area contributed by atoms with E-state index < -0.39 is 23.4 Å². The van der Waals surface area contributed by atoms with E-state index in [-0.39, 0.29) is 23.0 Å². The highest BCUT2D eigenvalue weighted by molar-refractivity contribution is 7.10. The first-order valence-electron chi connectivity index (χ1n) is 8.54. The average Bonchev–Trinajstić information content (AvgIpc) is 3.25. The van der Waals surface area contributed by atoms with Crippen molar-refractivity contribution in [2.75, 3.05) is 12.3 Å².